The Hall–Kier alpha value is -2.66. The average Bonchev–Trinajstić information content (AvgIpc) is 2.73. The lowest BCUT2D eigenvalue weighted by Gasteiger charge is -2.41. The average molecular weight is 365 g/mol. The number of likely N-dealkylation sites (N-methyl/N-ethyl adjacent to an activating group) is 1. The number of nitrogens with zero attached hydrogens (tertiary/aromatic N) is 1. The van der Waals surface area contributed by atoms with Crippen molar-refractivity contribution >= 4 is 11.8 Å². The van der Waals surface area contributed by atoms with Crippen LogP contribution in [0.4, 0.5) is 0 Å². The molecule has 0 unspecified atom stereocenters. The molecular formula is C22H27N3O2. The highest BCUT2D eigenvalue weighted by molar-refractivity contribution is 5.91. The monoisotopic (exact) mass is 365 g/mol. The molecule has 27 heavy (non-hydrogen) atoms. The molecule has 0 aliphatic carbocycles. The highest BCUT2D eigenvalue weighted by Gasteiger charge is 2.42. The SMILES string of the molecule is CNC(=O)CNC(=O)C1(c2ccccc2)CCN(Cc2ccccc2)CC1. The third-order valence-electron chi connectivity index (χ3n) is 5.41. The molecule has 1 heterocycles. The lowest BCUT2D eigenvalue weighted by atomic mass is 9.72. The summed E-state index contributed by atoms with van der Waals surface area (Å²) in [6, 6.07) is 20.3. The molecule has 0 radical (unpaired) electrons. The zero-order valence-corrected chi connectivity index (χ0v) is 15.8. The number of carbonyl (C=O) groups is 2. The van der Waals surface area contributed by atoms with Gasteiger partial charge in [-0.15, -0.1) is 0 Å². The third kappa shape index (κ3) is 4.55. The van der Waals surface area contributed by atoms with E-state index in [0.717, 1.165) is 38.0 Å². The molecule has 2 N–H and O–H groups in total. The van der Waals surface area contributed by atoms with E-state index in [1.807, 2.05) is 36.4 Å². The summed E-state index contributed by atoms with van der Waals surface area (Å²) < 4.78 is 0. The molecule has 2 aromatic carbocycles. The fraction of sp³-hybridized carbons (Fsp3) is 0.364. The Bertz CT molecular complexity index is 754. The van der Waals surface area contributed by atoms with Crippen LogP contribution >= 0.6 is 0 Å². The quantitative estimate of drug-likeness (QED) is 0.824. The van der Waals surface area contributed by atoms with Gasteiger partial charge in [-0.1, -0.05) is 60.7 Å². The fourth-order valence-electron chi connectivity index (χ4n) is 3.76. The summed E-state index contributed by atoms with van der Waals surface area (Å²) in [4.78, 5) is 27.0. The maximum Gasteiger partial charge on any atom is 0.239 e. The van der Waals surface area contributed by atoms with Crippen LogP contribution in [0.3, 0.4) is 0 Å². The summed E-state index contributed by atoms with van der Waals surface area (Å²) in [5.74, 6) is -0.246. The van der Waals surface area contributed by atoms with E-state index < -0.39 is 5.41 Å². The number of amides is 2. The number of benzene rings is 2. The summed E-state index contributed by atoms with van der Waals surface area (Å²) in [5, 5.41) is 5.39. The molecule has 0 bridgehead atoms. The third-order valence-corrected chi connectivity index (χ3v) is 5.41. The van der Waals surface area contributed by atoms with E-state index in [-0.39, 0.29) is 18.4 Å². The van der Waals surface area contributed by atoms with E-state index in [1.165, 1.54) is 5.56 Å². The zero-order chi connectivity index (χ0) is 19.1. The predicted molar refractivity (Wildman–Crippen MR) is 106 cm³/mol. The lowest BCUT2D eigenvalue weighted by molar-refractivity contribution is -0.131. The number of rotatable bonds is 6. The van der Waals surface area contributed by atoms with Gasteiger partial charge in [-0.25, -0.2) is 0 Å². The largest absolute Gasteiger partial charge is 0.358 e. The van der Waals surface area contributed by atoms with Crippen LogP contribution in [0.5, 0.6) is 0 Å². The minimum absolute atomic E-state index is 0.0116. The molecule has 5 heteroatoms. The van der Waals surface area contributed by atoms with Gasteiger partial charge in [0.15, 0.2) is 0 Å². The molecule has 1 aliphatic rings. The van der Waals surface area contributed by atoms with Crippen LogP contribution in [0.2, 0.25) is 0 Å². The van der Waals surface area contributed by atoms with Crippen molar-refractivity contribution in [3.8, 4) is 0 Å². The molecular weight excluding hydrogens is 338 g/mol. The Morgan fingerprint density at radius 3 is 2.15 bits per heavy atom. The molecule has 2 aromatic rings. The normalized spacial score (nSPS) is 16.5. The van der Waals surface area contributed by atoms with E-state index >= 15 is 0 Å². The summed E-state index contributed by atoms with van der Waals surface area (Å²) >= 11 is 0. The summed E-state index contributed by atoms with van der Waals surface area (Å²) in [5.41, 5.74) is 1.73. The van der Waals surface area contributed by atoms with Gasteiger partial charge in [0, 0.05) is 13.6 Å². The van der Waals surface area contributed by atoms with Crippen molar-refractivity contribution in [2.45, 2.75) is 24.8 Å². The zero-order valence-electron chi connectivity index (χ0n) is 15.8. The lowest BCUT2D eigenvalue weighted by Crippen LogP contribution is -2.52. The van der Waals surface area contributed by atoms with Crippen molar-refractivity contribution in [3.63, 3.8) is 0 Å². The summed E-state index contributed by atoms with van der Waals surface area (Å²) in [6.07, 6.45) is 1.48. The van der Waals surface area contributed by atoms with Crippen LogP contribution < -0.4 is 10.6 Å². The molecule has 142 valence electrons. The van der Waals surface area contributed by atoms with Gasteiger partial charge in [0.2, 0.25) is 11.8 Å². The first-order valence-corrected chi connectivity index (χ1v) is 9.45. The van der Waals surface area contributed by atoms with Crippen LogP contribution in [0.25, 0.3) is 0 Å². The minimum atomic E-state index is -0.581. The number of hydrogen-bond acceptors (Lipinski definition) is 3. The molecule has 0 saturated carbocycles. The van der Waals surface area contributed by atoms with Crippen LogP contribution in [0.1, 0.15) is 24.0 Å². The van der Waals surface area contributed by atoms with E-state index in [0.29, 0.717) is 0 Å². The van der Waals surface area contributed by atoms with Gasteiger partial charge in [-0.3, -0.25) is 14.5 Å². The first kappa shape index (κ1) is 19.1. The molecule has 1 saturated heterocycles. The van der Waals surface area contributed by atoms with Crippen LogP contribution in [-0.2, 0) is 21.5 Å². The maximum absolute atomic E-state index is 13.1. The highest BCUT2D eigenvalue weighted by Crippen LogP contribution is 2.36. The van der Waals surface area contributed by atoms with Gasteiger partial charge >= 0.3 is 0 Å². The minimum Gasteiger partial charge on any atom is -0.358 e. The van der Waals surface area contributed by atoms with Gasteiger partial charge < -0.3 is 10.6 Å². The fourth-order valence-corrected chi connectivity index (χ4v) is 3.76. The Kier molecular flexibility index (Phi) is 6.24. The van der Waals surface area contributed by atoms with Crippen LogP contribution in [0.15, 0.2) is 60.7 Å². The van der Waals surface area contributed by atoms with E-state index in [4.69, 9.17) is 0 Å². The molecule has 3 rings (SSSR count). The molecule has 0 atom stereocenters. The van der Waals surface area contributed by atoms with Gasteiger partial charge in [0.1, 0.15) is 0 Å². The first-order valence-electron chi connectivity index (χ1n) is 9.45. The molecule has 2 amide bonds. The first-order chi connectivity index (χ1) is 13.1. The van der Waals surface area contributed by atoms with E-state index in [9.17, 15) is 9.59 Å². The second kappa shape index (κ2) is 8.82. The Labute approximate surface area is 160 Å². The van der Waals surface area contributed by atoms with Gasteiger partial charge in [-0.2, -0.15) is 0 Å². The number of hydrogen-bond donors (Lipinski definition) is 2. The number of carbonyl (C=O) groups excluding carboxylic acids is 2. The van der Waals surface area contributed by atoms with Gasteiger partial charge in [0.25, 0.3) is 0 Å². The van der Waals surface area contributed by atoms with Gasteiger partial charge in [-0.05, 0) is 37.1 Å². The molecule has 1 fully saturated rings. The summed E-state index contributed by atoms with van der Waals surface area (Å²) in [6.45, 7) is 2.59. The molecule has 5 nitrogen and oxygen atoms in total. The topological polar surface area (TPSA) is 61.4 Å². The van der Waals surface area contributed by atoms with Crippen molar-refractivity contribution in [2.75, 3.05) is 26.7 Å². The smallest absolute Gasteiger partial charge is 0.239 e. The Balaban J connectivity index is 1.73. The second-order valence-corrected chi connectivity index (χ2v) is 7.07. The number of piperidine rings is 1. The predicted octanol–water partition coefficient (Wildman–Crippen LogP) is 2.08. The van der Waals surface area contributed by atoms with E-state index in [2.05, 4.69) is 39.8 Å². The van der Waals surface area contributed by atoms with Crippen molar-refractivity contribution in [3.05, 3.63) is 71.8 Å². The Morgan fingerprint density at radius 2 is 1.56 bits per heavy atom. The second-order valence-electron chi connectivity index (χ2n) is 7.07. The van der Waals surface area contributed by atoms with E-state index in [1.54, 1.807) is 7.05 Å². The van der Waals surface area contributed by atoms with Crippen molar-refractivity contribution < 1.29 is 9.59 Å². The molecule has 0 spiro atoms. The van der Waals surface area contributed by atoms with Crippen LogP contribution in [-0.4, -0.2) is 43.4 Å². The number of likely N-dealkylation sites (tertiary alicyclic amines) is 1. The van der Waals surface area contributed by atoms with Crippen LogP contribution in [0, 0.1) is 0 Å². The maximum atomic E-state index is 13.1. The van der Waals surface area contributed by atoms with Crippen molar-refractivity contribution in [1.82, 2.24) is 15.5 Å². The van der Waals surface area contributed by atoms with Crippen molar-refractivity contribution in [1.29, 1.82) is 0 Å². The summed E-state index contributed by atoms with van der Waals surface area (Å²) in [7, 11) is 1.57. The molecule has 0 aromatic heterocycles. The van der Waals surface area contributed by atoms with Gasteiger partial charge in [0.05, 0.1) is 12.0 Å². The highest BCUT2D eigenvalue weighted by atomic mass is 16.2. The Morgan fingerprint density at radius 1 is 0.963 bits per heavy atom. The molecule has 1 aliphatic heterocycles. The standard InChI is InChI=1S/C22H27N3O2/c1-23-20(26)16-24-21(27)22(19-10-6-3-7-11-19)12-14-25(15-13-22)17-18-8-4-2-5-9-18/h2-11H,12-17H2,1H3,(H,23,26)(H,24,27). The van der Waals surface area contributed by atoms with Crippen molar-refractivity contribution in [2.24, 2.45) is 0 Å². The number of nitrogens with one attached hydrogen (secondary N) is 2.